The van der Waals surface area contributed by atoms with Crippen molar-refractivity contribution in [2.24, 2.45) is 0 Å². The summed E-state index contributed by atoms with van der Waals surface area (Å²) in [5, 5.41) is 7.69. The molecular formula is C22H22N2O4S. The Balaban J connectivity index is 1.90. The highest BCUT2D eigenvalue weighted by molar-refractivity contribution is 7.12. The molecule has 0 spiro atoms. The van der Waals surface area contributed by atoms with Gasteiger partial charge >= 0.3 is 0 Å². The van der Waals surface area contributed by atoms with Crippen LogP contribution in [0.2, 0.25) is 0 Å². The van der Waals surface area contributed by atoms with E-state index < -0.39 is 6.17 Å². The zero-order valence-electron chi connectivity index (χ0n) is 16.4. The van der Waals surface area contributed by atoms with Gasteiger partial charge in [-0.1, -0.05) is 35.9 Å². The van der Waals surface area contributed by atoms with Crippen LogP contribution < -0.4 is 20.1 Å². The van der Waals surface area contributed by atoms with Gasteiger partial charge in [0, 0.05) is 11.6 Å². The largest absolute Gasteiger partial charge is 0.497 e. The average molecular weight is 410 g/mol. The van der Waals surface area contributed by atoms with Crippen molar-refractivity contribution >= 4 is 28.7 Å². The number of hydrogen-bond donors (Lipinski definition) is 2. The Morgan fingerprint density at radius 2 is 1.76 bits per heavy atom. The van der Waals surface area contributed by atoms with Crippen LogP contribution in [0, 0.1) is 6.92 Å². The number of rotatable bonds is 8. The number of ether oxygens (including phenoxy) is 2. The Morgan fingerprint density at radius 3 is 2.38 bits per heavy atom. The number of hydrogen-bond acceptors (Lipinski definition) is 6. The highest BCUT2D eigenvalue weighted by Crippen LogP contribution is 2.29. The van der Waals surface area contributed by atoms with Crippen LogP contribution in [-0.4, -0.2) is 32.1 Å². The molecule has 29 heavy (non-hydrogen) atoms. The number of methoxy groups -OCH3 is 2. The number of carbonyl (C=O) groups is 2. The third kappa shape index (κ3) is 4.94. The number of thiophene rings is 1. The number of benzene rings is 2. The second-order valence-corrected chi connectivity index (χ2v) is 7.27. The smallest absolute Gasteiger partial charge is 0.263 e. The fraction of sp³-hybridized carbons (Fsp3) is 0.182. The molecule has 6 nitrogen and oxygen atoms in total. The van der Waals surface area contributed by atoms with E-state index >= 15 is 0 Å². The van der Waals surface area contributed by atoms with Crippen molar-refractivity contribution in [2.75, 3.05) is 19.5 Å². The van der Waals surface area contributed by atoms with Crippen LogP contribution in [-0.2, 0) is 0 Å². The zero-order valence-corrected chi connectivity index (χ0v) is 17.2. The van der Waals surface area contributed by atoms with Gasteiger partial charge in [0.25, 0.3) is 5.91 Å². The van der Waals surface area contributed by atoms with Gasteiger partial charge in [-0.05, 0) is 30.5 Å². The van der Waals surface area contributed by atoms with Gasteiger partial charge in [0.15, 0.2) is 6.17 Å². The van der Waals surface area contributed by atoms with Crippen LogP contribution in [0.15, 0.2) is 60.0 Å². The van der Waals surface area contributed by atoms with Crippen molar-refractivity contribution in [3.8, 4) is 11.5 Å². The maximum atomic E-state index is 13.1. The Labute approximate surface area is 173 Å². The van der Waals surface area contributed by atoms with Crippen LogP contribution >= 0.6 is 11.3 Å². The molecule has 1 aromatic heterocycles. The summed E-state index contributed by atoms with van der Waals surface area (Å²) in [6.45, 7) is 1.95. The number of aryl methyl sites for hydroxylation is 1. The number of anilines is 1. The standard InChI is InChI=1S/C22H22N2O4S/c1-14-6-8-15(9-7-14)20(25)21(24-22(26)19-5-4-12-29-19)23-17-11-10-16(27-2)13-18(17)28-3/h4-13,21,23H,1-3H3,(H,24,26)/t21-/m0/s1. The minimum atomic E-state index is -0.977. The van der Waals surface area contributed by atoms with Crippen molar-refractivity contribution in [1.82, 2.24) is 5.32 Å². The number of nitrogens with one attached hydrogen (secondary N) is 2. The average Bonchev–Trinajstić information content (AvgIpc) is 3.28. The normalized spacial score (nSPS) is 11.4. The first-order valence-electron chi connectivity index (χ1n) is 8.95. The second kappa shape index (κ2) is 9.25. The van der Waals surface area contributed by atoms with Gasteiger partial charge in [-0.2, -0.15) is 0 Å². The number of carbonyl (C=O) groups excluding carboxylic acids is 2. The molecule has 1 heterocycles. The first-order valence-corrected chi connectivity index (χ1v) is 9.83. The van der Waals surface area contributed by atoms with E-state index in [0.717, 1.165) is 5.56 Å². The lowest BCUT2D eigenvalue weighted by Crippen LogP contribution is -2.46. The van der Waals surface area contributed by atoms with Gasteiger partial charge in [-0.15, -0.1) is 11.3 Å². The minimum absolute atomic E-state index is 0.257. The van der Waals surface area contributed by atoms with Gasteiger partial charge in [-0.25, -0.2) is 0 Å². The van der Waals surface area contributed by atoms with E-state index in [-0.39, 0.29) is 11.7 Å². The third-order valence-corrected chi connectivity index (χ3v) is 5.20. The molecule has 0 aliphatic carbocycles. The summed E-state index contributed by atoms with van der Waals surface area (Å²) in [6, 6.07) is 15.9. The SMILES string of the molecule is COc1ccc(N[C@@H](NC(=O)c2cccs2)C(=O)c2ccc(C)cc2)c(OC)c1. The summed E-state index contributed by atoms with van der Waals surface area (Å²) in [5.74, 6) is 0.533. The molecule has 0 aliphatic heterocycles. The van der Waals surface area contributed by atoms with Crippen molar-refractivity contribution in [1.29, 1.82) is 0 Å². The number of amides is 1. The number of Topliss-reactive ketones (excluding diaryl/α,β-unsaturated/α-hetero) is 1. The molecule has 0 fully saturated rings. The Morgan fingerprint density at radius 1 is 1.00 bits per heavy atom. The van der Waals surface area contributed by atoms with Crippen LogP contribution in [0.25, 0.3) is 0 Å². The molecule has 150 valence electrons. The van der Waals surface area contributed by atoms with Gasteiger partial charge in [-0.3, -0.25) is 9.59 Å². The quantitative estimate of drug-likeness (QED) is 0.431. The van der Waals surface area contributed by atoms with E-state index in [1.807, 2.05) is 24.4 Å². The van der Waals surface area contributed by atoms with Crippen molar-refractivity contribution in [2.45, 2.75) is 13.1 Å². The van der Waals surface area contributed by atoms with Crippen LogP contribution in [0.3, 0.4) is 0 Å². The Kier molecular flexibility index (Phi) is 6.51. The predicted molar refractivity (Wildman–Crippen MR) is 114 cm³/mol. The van der Waals surface area contributed by atoms with Crippen molar-refractivity contribution < 1.29 is 19.1 Å². The molecule has 1 amide bonds. The Hall–Kier alpha value is -3.32. The van der Waals surface area contributed by atoms with Crippen molar-refractivity contribution in [3.63, 3.8) is 0 Å². The molecule has 0 bridgehead atoms. The first-order chi connectivity index (χ1) is 14.0. The molecule has 0 unspecified atom stereocenters. The maximum Gasteiger partial charge on any atom is 0.263 e. The van der Waals surface area contributed by atoms with Crippen molar-refractivity contribution in [3.05, 3.63) is 76.0 Å². The molecule has 7 heteroatoms. The van der Waals surface area contributed by atoms with Crippen LogP contribution in [0.4, 0.5) is 5.69 Å². The third-order valence-electron chi connectivity index (χ3n) is 4.33. The highest BCUT2D eigenvalue weighted by Gasteiger charge is 2.24. The van der Waals surface area contributed by atoms with Crippen LogP contribution in [0.5, 0.6) is 11.5 Å². The molecule has 0 saturated carbocycles. The second-order valence-electron chi connectivity index (χ2n) is 6.32. The summed E-state index contributed by atoms with van der Waals surface area (Å²) in [4.78, 5) is 26.3. The summed E-state index contributed by atoms with van der Waals surface area (Å²) in [6.07, 6.45) is -0.977. The fourth-order valence-corrected chi connectivity index (χ4v) is 3.36. The maximum absolute atomic E-state index is 13.1. The van der Waals surface area contributed by atoms with Crippen LogP contribution in [0.1, 0.15) is 25.6 Å². The molecule has 0 aliphatic rings. The summed E-state index contributed by atoms with van der Waals surface area (Å²) < 4.78 is 10.6. The molecule has 0 radical (unpaired) electrons. The van der Waals surface area contributed by atoms with E-state index in [4.69, 9.17) is 9.47 Å². The molecule has 3 aromatic rings. The lowest BCUT2D eigenvalue weighted by molar-refractivity contribution is 0.0871. The lowest BCUT2D eigenvalue weighted by Gasteiger charge is -2.22. The molecule has 1 atom stereocenters. The molecule has 2 N–H and O–H groups in total. The summed E-state index contributed by atoms with van der Waals surface area (Å²) >= 11 is 1.31. The molecule has 0 saturated heterocycles. The van der Waals surface area contributed by atoms with Gasteiger partial charge in [0.1, 0.15) is 11.5 Å². The monoisotopic (exact) mass is 410 g/mol. The first kappa shape index (κ1) is 20.4. The predicted octanol–water partition coefficient (Wildman–Crippen LogP) is 4.12. The zero-order chi connectivity index (χ0) is 20.8. The molecule has 3 rings (SSSR count). The van der Waals surface area contributed by atoms with E-state index in [1.54, 1.807) is 49.6 Å². The van der Waals surface area contributed by atoms with Gasteiger partial charge in [0.05, 0.1) is 24.8 Å². The fourth-order valence-electron chi connectivity index (χ4n) is 2.73. The van der Waals surface area contributed by atoms with Gasteiger partial charge in [0.2, 0.25) is 5.78 Å². The Bertz CT molecular complexity index is 985. The minimum Gasteiger partial charge on any atom is -0.497 e. The van der Waals surface area contributed by atoms with Gasteiger partial charge < -0.3 is 20.1 Å². The van der Waals surface area contributed by atoms with E-state index in [2.05, 4.69) is 10.6 Å². The lowest BCUT2D eigenvalue weighted by atomic mass is 10.1. The van der Waals surface area contributed by atoms with E-state index in [0.29, 0.717) is 27.6 Å². The molecular weight excluding hydrogens is 388 g/mol. The van der Waals surface area contributed by atoms with E-state index in [9.17, 15) is 9.59 Å². The number of ketones is 1. The summed E-state index contributed by atoms with van der Waals surface area (Å²) in [5.41, 5.74) is 2.10. The molecule has 2 aromatic carbocycles. The highest BCUT2D eigenvalue weighted by atomic mass is 32.1. The topological polar surface area (TPSA) is 76.7 Å². The summed E-state index contributed by atoms with van der Waals surface area (Å²) in [7, 11) is 3.09. The van der Waals surface area contributed by atoms with E-state index in [1.165, 1.54) is 18.4 Å².